The van der Waals surface area contributed by atoms with Crippen LogP contribution in [0.4, 0.5) is 0 Å². The second kappa shape index (κ2) is 5.72. The van der Waals surface area contributed by atoms with E-state index in [1.165, 1.54) is 6.07 Å². The normalized spacial score (nSPS) is 31.6. The van der Waals surface area contributed by atoms with E-state index in [1.54, 1.807) is 12.1 Å². The molecule has 1 heterocycles. The predicted molar refractivity (Wildman–Crippen MR) is 96.7 cm³/mol. The topological polar surface area (TPSA) is 75.7 Å². The Balaban J connectivity index is 1.25. The number of nitrogens with zero attached hydrogens (tertiary/aromatic N) is 1. The largest absolute Gasteiger partial charge is 0.482 e. The summed E-state index contributed by atoms with van der Waals surface area (Å²) in [4.78, 5) is 37.8. The lowest BCUT2D eigenvalue weighted by molar-refractivity contribution is -0.150. The molecule has 0 radical (unpaired) electrons. The SMILES string of the molecule is O=C(COc1ccc(Cl)cc1Cl)NN1C(=O)[C@H]2[C@H](C1=O)[C@H]1C=C[C@H]2C12CC2. The second-order valence-corrected chi connectivity index (χ2v) is 8.48. The van der Waals surface area contributed by atoms with E-state index in [9.17, 15) is 14.4 Å². The second-order valence-electron chi connectivity index (χ2n) is 7.63. The van der Waals surface area contributed by atoms with E-state index in [-0.39, 0.29) is 52.5 Å². The van der Waals surface area contributed by atoms with E-state index in [0.29, 0.717) is 10.8 Å². The van der Waals surface area contributed by atoms with Crippen molar-refractivity contribution in [3.05, 3.63) is 40.4 Å². The van der Waals surface area contributed by atoms with Crippen LogP contribution < -0.4 is 10.2 Å². The summed E-state index contributed by atoms with van der Waals surface area (Å²) in [6.45, 7) is -0.372. The molecule has 5 rings (SSSR count). The van der Waals surface area contributed by atoms with Crippen LogP contribution in [0.3, 0.4) is 0 Å². The Morgan fingerprint density at radius 1 is 1.15 bits per heavy atom. The van der Waals surface area contributed by atoms with Crippen molar-refractivity contribution in [2.45, 2.75) is 12.8 Å². The van der Waals surface area contributed by atoms with Gasteiger partial charge in [0.2, 0.25) is 0 Å². The number of hydrogen-bond donors (Lipinski definition) is 1. The quantitative estimate of drug-likeness (QED) is 0.615. The average Bonchev–Trinajstić information content (AvgIpc) is 3.24. The first-order chi connectivity index (χ1) is 12.9. The van der Waals surface area contributed by atoms with Crippen molar-refractivity contribution >= 4 is 40.9 Å². The lowest BCUT2D eigenvalue weighted by Crippen LogP contribution is -2.49. The lowest BCUT2D eigenvalue weighted by atomic mass is 9.85. The number of rotatable bonds is 4. The lowest BCUT2D eigenvalue weighted by Gasteiger charge is -2.22. The molecular formula is C19H16Cl2N2O4. The summed E-state index contributed by atoms with van der Waals surface area (Å²) in [5, 5.41) is 1.61. The highest BCUT2D eigenvalue weighted by molar-refractivity contribution is 6.35. The van der Waals surface area contributed by atoms with Crippen LogP contribution in [0, 0.1) is 29.1 Å². The number of carbonyl (C=O) groups excluding carboxylic acids is 3. The van der Waals surface area contributed by atoms with Crippen LogP contribution in [0.15, 0.2) is 30.4 Å². The van der Waals surface area contributed by atoms with Gasteiger partial charge in [0.15, 0.2) is 6.61 Å². The molecule has 0 unspecified atom stereocenters. The van der Waals surface area contributed by atoms with Gasteiger partial charge < -0.3 is 4.74 Å². The van der Waals surface area contributed by atoms with Crippen LogP contribution in [0.5, 0.6) is 5.75 Å². The van der Waals surface area contributed by atoms with Gasteiger partial charge in [0.1, 0.15) is 5.75 Å². The van der Waals surface area contributed by atoms with Gasteiger partial charge in [0.25, 0.3) is 17.7 Å². The summed E-state index contributed by atoms with van der Waals surface area (Å²) >= 11 is 11.8. The molecule has 27 heavy (non-hydrogen) atoms. The van der Waals surface area contributed by atoms with Crippen molar-refractivity contribution in [2.75, 3.05) is 6.61 Å². The highest BCUT2D eigenvalue weighted by atomic mass is 35.5. The molecule has 3 amide bonds. The Morgan fingerprint density at radius 2 is 1.78 bits per heavy atom. The predicted octanol–water partition coefficient (Wildman–Crippen LogP) is 2.60. The molecule has 8 heteroatoms. The van der Waals surface area contributed by atoms with E-state index in [2.05, 4.69) is 17.6 Å². The summed E-state index contributed by atoms with van der Waals surface area (Å²) in [6, 6.07) is 4.64. The van der Waals surface area contributed by atoms with E-state index >= 15 is 0 Å². The molecule has 6 nitrogen and oxygen atoms in total. The number of hydrazine groups is 1. The number of carbonyl (C=O) groups is 3. The van der Waals surface area contributed by atoms with Gasteiger partial charge in [-0.3, -0.25) is 19.8 Å². The fourth-order valence-corrected chi connectivity index (χ4v) is 5.54. The molecule has 140 valence electrons. The van der Waals surface area contributed by atoms with Crippen molar-refractivity contribution in [1.82, 2.24) is 10.4 Å². The molecule has 3 aliphatic carbocycles. The van der Waals surface area contributed by atoms with Crippen LogP contribution in [0.1, 0.15) is 12.8 Å². The van der Waals surface area contributed by atoms with Crippen LogP contribution in [-0.4, -0.2) is 29.3 Å². The molecular weight excluding hydrogens is 391 g/mol. The molecule has 1 saturated heterocycles. The first-order valence-corrected chi connectivity index (χ1v) is 9.61. The number of imide groups is 1. The Morgan fingerprint density at radius 3 is 2.33 bits per heavy atom. The number of halogens is 2. The summed E-state index contributed by atoms with van der Waals surface area (Å²) in [6.07, 6.45) is 6.32. The maximum Gasteiger partial charge on any atom is 0.276 e. The molecule has 1 aromatic carbocycles. The van der Waals surface area contributed by atoms with Crippen LogP contribution in [0.2, 0.25) is 10.0 Å². The van der Waals surface area contributed by atoms with Gasteiger partial charge in [-0.2, -0.15) is 5.01 Å². The third-order valence-corrected chi connectivity index (χ3v) is 6.87. The molecule has 3 fully saturated rings. The zero-order valence-corrected chi connectivity index (χ0v) is 15.7. The molecule has 2 saturated carbocycles. The van der Waals surface area contributed by atoms with Crippen molar-refractivity contribution in [2.24, 2.45) is 29.1 Å². The minimum atomic E-state index is -0.593. The summed E-state index contributed by atoms with van der Waals surface area (Å²) in [5.74, 6) is -1.37. The summed E-state index contributed by atoms with van der Waals surface area (Å²) in [5.41, 5.74) is 2.53. The van der Waals surface area contributed by atoms with E-state index in [4.69, 9.17) is 27.9 Å². The maximum atomic E-state index is 12.8. The third-order valence-electron chi connectivity index (χ3n) is 6.34. The van der Waals surface area contributed by atoms with Crippen molar-refractivity contribution in [3.8, 4) is 5.75 Å². The fourth-order valence-electron chi connectivity index (χ4n) is 5.08. The third kappa shape index (κ3) is 2.36. The molecule has 4 atom stereocenters. The number of amides is 3. The monoisotopic (exact) mass is 406 g/mol. The van der Waals surface area contributed by atoms with Crippen LogP contribution in [0.25, 0.3) is 0 Å². The highest BCUT2D eigenvalue weighted by Crippen LogP contribution is 2.73. The number of fused-ring (bicyclic) bond motifs is 3. The number of nitrogens with one attached hydrogen (secondary N) is 1. The van der Waals surface area contributed by atoms with E-state index in [1.807, 2.05) is 0 Å². The minimum absolute atomic E-state index is 0.120. The first-order valence-electron chi connectivity index (χ1n) is 8.86. The number of hydrogen-bond acceptors (Lipinski definition) is 4. The van der Waals surface area contributed by atoms with Crippen molar-refractivity contribution < 1.29 is 19.1 Å². The van der Waals surface area contributed by atoms with Gasteiger partial charge in [-0.25, -0.2) is 0 Å². The van der Waals surface area contributed by atoms with Gasteiger partial charge in [0, 0.05) is 5.02 Å². The molecule has 1 spiro atoms. The molecule has 1 aliphatic heterocycles. The minimum Gasteiger partial charge on any atom is -0.482 e. The number of allylic oxidation sites excluding steroid dienone is 2. The number of benzene rings is 1. The van der Waals surface area contributed by atoms with Crippen LogP contribution >= 0.6 is 23.2 Å². The zero-order valence-electron chi connectivity index (χ0n) is 14.2. The molecule has 4 aliphatic rings. The molecule has 2 bridgehead atoms. The Bertz CT molecular complexity index is 877. The van der Waals surface area contributed by atoms with E-state index in [0.717, 1.165) is 17.9 Å². The molecule has 0 aromatic heterocycles. The summed E-state index contributed by atoms with van der Waals surface area (Å²) in [7, 11) is 0. The van der Waals surface area contributed by atoms with Gasteiger partial charge in [-0.15, -0.1) is 0 Å². The Kier molecular flexibility index (Phi) is 3.62. The van der Waals surface area contributed by atoms with Crippen molar-refractivity contribution in [1.29, 1.82) is 0 Å². The fraction of sp³-hybridized carbons (Fsp3) is 0.421. The number of ether oxygens (including phenoxy) is 1. The molecule has 1 aromatic rings. The average molecular weight is 407 g/mol. The molecule has 1 N–H and O–H groups in total. The van der Waals surface area contributed by atoms with Crippen molar-refractivity contribution in [3.63, 3.8) is 0 Å². The van der Waals surface area contributed by atoms with Gasteiger partial charge in [0.05, 0.1) is 16.9 Å². The smallest absolute Gasteiger partial charge is 0.276 e. The first kappa shape index (κ1) is 17.1. The van der Waals surface area contributed by atoms with Gasteiger partial charge in [-0.1, -0.05) is 35.4 Å². The highest BCUT2D eigenvalue weighted by Gasteiger charge is 2.73. The summed E-state index contributed by atoms with van der Waals surface area (Å²) < 4.78 is 5.36. The van der Waals surface area contributed by atoms with Crippen LogP contribution in [-0.2, 0) is 14.4 Å². The Hall–Kier alpha value is -2.05. The standard InChI is InChI=1S/C19H16Cl2N2O4/c20-9-1-4-13(12(21)7-9)27-8-14(24)22-23-17(25)15-10-2-3-11(16(15)18(23)26)19(10)5-6-19/h1-4,7,10-11,15-16H,5-6,8H2,(H,22,24)/t10-,11-,15-,16-/m1/s1. The zero-order chi connectivity index (χ0) is 18.9. The Labute approximate surface area is 165 Å². The van der Waals surface area contributed by atoms with E-state index < -0.39 is 5.91 Å². The maximum absolute atomic E-state index is 12.8. The van der Waals surface area contributed by atoms with Gasteiger partial charge >= 0.3 is 0 Å². The van der Waals surface area contributed by atoms with Gasteiger partial charge in [-0.05, 0) is 48.3 Å².